The molecule has 136 valence electrons. The molecule has 0 aromatic carbocycles. The minimum atomic E-state index is 0.0388. The van der Waals surface area contributed by atoms with Crippen molar-refractivity contribution in [1.82, 2.24) is 15.2 Å². The highest BCUT2D eigenvalue weighted by molar-refractivity contribution is 5.81. The highest BCUT2D eigenvalue weighted by atomic mass is 16.5. The number of nitrogens with one attached hydrogen (secondary N) is 1. The molecule has 25 heavy (non-hydrogen) atoms. The van der Waals surface area contributed by atoms with Crippen LogP contribution in [0.4, 0.5) is 0 Å². The molecule has 1 aliphatic carbocycles. The summed E-state index contributed by atoms with van der Waals surface area (Å²) in [7, 11) is 0. The van der Waals surface area contributed by atoms with Crippen LogP contribution in [-0.2, 0) is 9.53 Å². The largest absolute Gasteiger partial charge is 0.381 e. The normalized spacial score (nSPS) is 28.6. The zero-order valence-electron chi connectivity index (χ0n) is 14.9. The van der Waals surface area contributed by atoms with Crippen molar-refractivity contribution in [2.24, 2.45) is 17.8 Å². The van der Waals surface area contributed by atoms with Crippen LogP contribution in [0.15, 0.2) is 24.4 Å². The van der Waals surface area contributed by atoms with Gasteiger partial charge in [0.15, 0.2) is 0 Å². The van der Waals surface area contributed by atoms with Crippen molar-refractivity contribution in [3.05, 3.63) is 30.1 Å². The molecule has 0 unspecified atom stereocenters. The van der Waals surface area contributed by atoms with Crippen molar-refractivity contribution >= 4 is 5.91 Å². The minimum absolute atomic E-state index is 0.0388. The number of piperidine rings is 1. The van der Waals surface area contributed by atoms with Gasteiger partial charge in [-0.15, -0.1) is 0 Å². The number of nitrogens with zero attached hydrogens (tertiary/aromatic N) is 2. The number of likely N-dealkylation sites (tertiary alicyclic amines) is 1. The third-order valence-electron chi connectivity index (χ3n) is 5.81. The van der Waals surface area contributed by atoms with E-state index in [-0.39, 0.29) is 17.9 Å². The molecule has 2 aliphatic heterocycles. The smallest absolute Gasteiger partial charge is 0.223 e. The zero-order valence-corrected chi connectivity index (χ0v) is 14.9. The van der Waals surface area contributed by atoms with Crippen LogP contribution in [0.5, 0.6) is 0 Å². The van der Waals surface area contributed by atoms with E-state index in [4.69, 9.17) is 4.74 Å². The number of amides is 1. The van der Waals surface area contributed by atoms with Crippen molar-refractivity contribution in [1.29, 1.82) is 0 Å². The SMILES string of the molecule is O=C(N[C@@H](c1ccccn1)[C@H]1CCCN(C[C@@H]2CCOC2)C1)C1CC1. The Labute approximate surface area is 150 Å². The summed E-state index contributed by atoms with van der Waals surface area (Å²) in [5.74, 6) is 1.57. The van der Waals surface area contributed by atoms with Crippen LogP contribution in [0.2, 0.25) is 0 Å². The molecule has 3 heterocycles. The number of rotatable bonds is 6. The number of ether oxygens (including phenoxy) is 1. The quantitative estimate of drug-likeness (QED) is 0.862. The van der Waals surface area contributed by atoms with Crippen LogP contribution < -0.4 is 5.32 Å². The van der Waals surface area contributed by atoms with E-state index in [2.05, 4.69) is 21.3 Å². The fourth-order valence-electron chi connectivity index (χ4n) is 4.23. The van der Waals surface area contributed by atoms with E-state index in [1.807, 2.05) is 18.3 Å². The number of carbonyl (C=O) groups excluding carboxylic acids is 1. The standard InChI is InChI=1S/C20H29N3O2/c24-20(16-6-7-16)22-19(18-5-1-2-9-21-18)17-4-3-10-23(13-17)12-15-8-11-25-14-15/h1-2,5,9,15-17,19H,3-4,6-8,10-14H2,(H,22,24)/t15-,17-,19+/m0/s1. The summed E-state index contributed by atoms with van der Waals surface area (Å²) in [4.78, 5) is 19.6. The van der Waals surface area contributed by atoms with Gasteiger partial charge in [-0.1, -0.05) is 6.07 Å². The van der Waals surface area contributed by atoms with Gasteiger partial charge in [0.2, 0.25) is 5.91 Å². The first kappa shape index (κ1) is 17.0. The van der Waals surface area contributed by atoms with Crippen LogP contribution in [0.3, 0.4) is 0 Å². The van der Waals surface area contributed by atoms with E-state index in [9.17, 15) is 4.79 Å². The Morgan fingerprint density at radius 1 is 1.32 bits per heavy atom. The molecule has 1 aromatic heterocycles. The molecule has 0 radical (unpaired) electrons. The predicted molar refractivity (Wildman–Crippen MR) is 95.9 cm³/mol. The highest BCUT2D eigenvalue weighted by Crippen LogP contribution is 2.33. The van der Waals surface area contributed by atoms with E-state index in [0.29, 0.717) is 11.8 Å². The van der Waals surface area contributed by atoms with Crippen molar-refractivity contribution < 1.29 is 9.53 Å². The summed E-state index contributed by atoms with van der Waals surface area (Å²) in [5.41, 5.74) is 1.01. The molecule has 0 spiro atoms. The number of pyridine rings is 1. The molecular weight excluding hydrogens is 314 g/mol. The molecule has 1 N–H and O–H groups in total. The van der Waals surface area contributed by atoms with Gasteiger partial charge in [0, 0.05) is 31.8 Å². The first-order valence-electron chi connectivity index (χ1n) is 9.81. The first-order chi connectivity index (χ1) is 12.3. The molecule has 5 heteroatoms. The average Bonchev–Trinajstić information content (AvgIpc) is 3.38. The highest BCUT2D eigenvalue weighted by Gasteiger charge is 2.35. The molecule has 4 rings (SSSR count). The average molecular weight is 343 g/mol. The van der Waals surface area contributed by atoms with E-state index >= 15 is 0 Å². The fourth-order valence-corrected chi connectivity index (χ4v) is 4.23. The lowest BCUT2D eigenvalue weighted by Gasteiger charge is -2.38. The van der Waals surface area contributed by atoms with Crippen LogP contribution in [-0.4, -0.2) is 48.6 Å². The van der Waals surface area contributed by atoms with Crippen LogP contribution in [0.1, 0.15) is 43.8 Å². The Morgan fingerprint density at radius 2 is 2.24 bits per heavy atom. The second kappa shape index (κ2) is 7.83. The van der Waals surface area contributed by atoms with Gasteiger partial charge < -0.3 is 15.0 Å². The van der Waals surface area contributed by atoms with E-state index in [0.717, 1.165) is 51.3 Å². The van der Waals surface area contributed by atoms with Gasteiger partial charge in [0.25, 0.3) is 0 Å². The second-order valence-electron chi connectivity index (χ2n) is 7.91. The summed E-state index contributed by atoms with van der Waals surface area (Å²) in [5, 5.41) is 3.33. The maximum Gasteiger partial charge on any atom is 0.223 e. The Balaban J connectivity index is 1.44. The molecule has 5 nitrogen and oxygen atoms in total. The molecule has 1 saturated carbocycles. The zero-order chi connectivity index (χ0) is 17.1. The Kier molecular flexibility index (Phi) is 5.32. The topological polar surface area (TPSA) is 54.5 Å². The van der Waals surface area contributed by atoms with Crippen molar-refractivity contribution in [3.63, 3.8) is 0 Å². The summed E-state index contributed by atoms with van der Waals surface area (Å²) < 4.78 is 5.53. The van der Waals surface area contributed by atoms with Gasteiger partial charge >= 0.3 is 0 Å². The molecule has 3 atom stereocenters. The lowest BCUT2D eigenvalue weighted by Crippen LogP contribution is -2.45. The maximum atomic E-state index is 12.4. The Morgan fingerprint density at radius 3 is 2.96 bits per heavy atom. The minimum Gasteiger partial charge on any atom is -0.381 e. The number of hydrogen-bond acceptors (Lipinski definition) is 4. The van der Waals surface area contributed by atoms with Gasteiger partial charge in [-0.25, -0.2) is 0 Å². The maximum absolute atomic E-state index is 12.4. The fraction of sp³-hybridized carbons (Fsp3) is 0.700. The van der Waals surface area contributed by atoms with E-state index in [1.54, 1.807) is 0 Å². The van der Waals surface area contributed by atoms with Gasteiger partial charge in [-0.05, 0) is 62.6 Å². The van der Waals surface area contributed by atoms with Crippen molar-refractivity contribution in [2.75, 3.05) is 32.8 Å². The number of aromatic nitrogens is 1. The third-order valence-corrected chi connectivity index (χ3v) is 5.81. The Bertz CT molecular complexity index is 570. The van der Waals surface area contributed by atoms with Gasteiger partial charge in [0.05, 0.1) is 18.3 Å². The number of hydrogen-bond donors (Lipinski definition) is 1. The third kappa shape index (κ3) is 4.39. The summed E-state index contributed by atoms with van der Waals surface area (Å²) >= 11 is 0. The monoisotopic (exact) mass is 343 g/mol. The number of carbonyl (C=O) groups is 1. The lowest BCUT2D eigenvalue weighted by atomic mass is 9.87. The summed E-state index contributed by atoms with van der Waals surface area (Å²) in [6, 6.07) is 6.06. The van der Waals surface area contributed by atoms with Gasteiger partial charge in [-0.2, -0.15) is 0 Å². The van der Waals surface area contributed by atoms with E-state index < -0.39 is 0 Å². The first-order valence-corrected chi connectivity index (χ1v) is 9.81. The predicted octanol–water partition coefficient (Wildman–Crippen LogP) is 2.40. The molecule has 3 fully saturated rings. The lowest BCUT2D eigenvalue weighted by molar-refractivity contribution is -0.123. The molecule has 3 aliphatic rings. The van der Waals surface area contributed by atoms with Gasteiger partial charge in [0.1, 0.15) is 0 Å². The summed E-state index contributed by atoms with van der Waals surface area (Å²) in [6.07, 6.45) is 7.45. The van der Waals surface area contributed by atoms with Crippen LogP contribution in [0.25, 0.3) is 0 Å². The molecule has 1 aromatic rings. The molecule has 0 bridgehead atoms. The molecule has 1 amide bonds. The Hall–Kier alpha value is -1.46. The van der Waals surface area contributed by atoms with E-state index in [1.165, 1.54) is 19.4 Å². The van der Waals surface area contributed by atoms with Crippen LogP contribution in [0, 0.1) is 17.8 Å². The second-order valence-corrected chi connectivity index (χ2v) is 7.91. The molecular formula is C20H29N3O2. The van der Waals surface area contributed by atoms with Gasteiger partial charge in [-0.3, -0.25) is 9.78 Å². The summed E-state index contributed by atoms with van der Waals surface area (Å²) in [6.45, 7) is 5.16. The van der Waals surface area contributed by atoms with Crippen LogP contribution >= 0.6 is 0 Å². The molecule has 2 saturated heterocycles. The van der Waals surface area contributed by atoms with Crippen molar-refractivity contribution in [3.8, 4) is 0 Å². The van der Waals surface area contributed by atoms with Crippen molar-refractivity contribution in [2.45, 2.75) is 38.1 Å².